The van der Waals surface area contributed by atoms with Crippen LogP contribution in [-0.4, -0.2) is 24.8 Å². The molecule has 0 spiro atoms. The minimum absolute atomic E-state index is 0.0953. The molecule has 1 aliphatic heterocycles. The standard InChI is InChI=1S/C30H24N2O4S/c1-35-24-10-6-4-8-21(24)17-25-28(33)32-27(19-11-13-20(14-12-19)29(34)36-2)23-16-15-18-7-3-5-9-22(18)26(23)31-30(32)37-25/h3-14,17,27H,15-16H2,1-2H3. The molecule has 0 saturated carbocycles. The third kappa shape index (κ3) is 3.92. The molecule has 4 aromatic rings. The topological polar surface area (TPSA) is 69.9 Å². The first-order valence-electron chi connectivity index (χ1n) is 12.0. The van der Waals surface area contributed by atoms with E-state index in [-0.39, 0.29) is 11.6 Å². The Kier molecular flexibility index (Phi) is 5.85. The molecule has 0 radical (unpaired) electrons. The van der Waals surface area contributed by atoms with Crippen molar-refractivity contribution in [1.29, 1.82) is 0 Å². The lowest BCUT2D eigenvalue weighted by Crippen LogP contribution is -2.38. The first-order chi connectivity index (χ1) is 18.1. The van der Waals surface area contributed by atoms with E-state index in [1.807, 2.05) is 48.5 Å². The maximum absolute atomic E-state index is 13.9. The number of aromatic nitrogens is 1. The molecule has 0 saturated heterocycles. The Balaban J connectivity index is 1.59. The van der Waals surface area contributed by atoms with Crippen molar-refractivity contribution in [2.24, 2.45) is 4.99 Å². The molecule has 6 rings (SSSR count). The van der Waals surface area contributed by atoms with E-state index in [9.17, 15) is 9.59 Å². The van der Waals surface area contributed by atoms with Crippen LogP contribution in [0.5, 0.6) is 5.75 Å². The number of allylic oxidation sites excluding steroid dienone is 1. The molecule has 7 heteroatoms. The van der Waals surface area contributed by atoms with Gasteiger partial charge >= 0.3 is 5.97 Å². The van der Waals surface area contributed by atoms with Crippen LogP contribution in [0.15, 0.2) is 88.2 Å². The number of carbonyl (C=O) groups excluding carboxylic acids is 1. The molecule has 184 valence electrons. The number of nitrogens with zero attached hydrogens (tertiary/aromatic N) is 2. The number of esters is 1. The molecule has 0 N–H and O–H groups in total. The summed E-state index contributed by atoms with van der Waals surface area (Å²) in [6.45, 7) is 0. The highest BCUT2D eigenvalue weighted by molar-refractivity contribution is 7.07. The average molecular weight is 509 g/mol. The quantitative estimate of drug-likeness (QED) is 0.389. The summed E-state index contributed by atoms with van der Waals surface area (Å²) in [5, 5.41) is 0. The number of para-hydroxylation sites is 1. The number of rotatable bonds is 4. The van der Waals surface area contributed by atoms with Crippen LogP contribution >= 0.6 is 11.3 Å². The van der Waals surface area contributed by atoms with Crippen molar-refractivity contribution < 1.29 is 14.3 Å². The summed E-state index contributed by atoms with van der Waals surface area (Å²) < 4.78 is 12.8. The summed E-state index contributed by atoms with van der Waals surface area (Å²) in [4.78, 5) is 31.6. The summed E-state index contributed by atoms with van der Waals surface area (Å²) in [5.74, 6) is 0.315. The van der Waals surface area contributed by atoms with E-state index < -0.39 is 5.97 Å². The maximum atomic E-state index is 13.9. The van der Waals surface area contributed by atoms with Gasteiger partial charge in [-0.3, -0.25) is 9.36 Å². The molecule has 2 aliphatic rings. The number of thiazole rings is 1. The summed E-state index contributed by atoms with van der Waals surface area (Å²) >= 11 is 1.38. The Hall–Kier alpha value is -4.23. The Morgan fingerprint density at radius 1 is 1.00 bits per heavy atom. The lowest BCUT2D eigenvalue weighted by Gasteiger charge is -2.30. The second kappa shape index (κ2) is 9.33. The van der Waals surface area contributed by atoms with Crippen LogP contribution in [0.3, 0.4) is 0 Å². The van der Waals surface area contributed by atoms with Gasteiger partial charge in [0.25, 0.3) is 5.56 Å². The molecule has 37 heavy (non-hydrogen) atoms. The van der Waals surface area contributed by atoms with Gasteiger partial charge in [-0.2, -0.15) is 0 Å². The van der Waals surface area contributed by atoms with E-state index in [0.29, 0.717) is 20.6 Å². The third-order valence-electron chi connectivity index (χ3n) is 6.95. The van der Waals surface area contributed by atoms with Gasteiger partial charge in [0, 0.05) is 11.1 Å². The Morgan fingerprint density at radius 2 is 1.76 bits per heavy atom. The van der Waals surface area contributed by atoms with Gasteiger partial charge in [0.1, 0.15) is 5.75 Å². The zero-order chi connectivity index (χ0) is 25.5. The molecule has 2 heterocycles. The minimum atomic E-state index is -0.390. The van der Waals surface area contributed by atoms with Gasteiger partial charge in [-0.05, 0) is 53.8 Å². The van der Waals surface area contributed by atoms with Crippen molar-refractivity contribution >= 4 is 29.1 Å². The van der Waals surface area contributed by atoms with Gasteiger partial charge in [-0.1, -0.05) is 65.9 Å². The van der Waals surface area contributed by atoms with Crippen LogP contribution in [0.1, 0.15) is 45.1 Å². The first-order valence-corrected chi connectivity index (χ1v) is 12.8. The van der Waals surface area contributed by atoms with Crippen LogP contribution in [0, 0.1) is 0 Å². The smallest absolute Gasteiger partial charge is 0.337 e. The Morgan fingerprint density at radius 3 is 2.54 bits per heavy atom. The minimum Gasteiger partial charge on any atom is -0.496 e. The van der Waals surface area contributed by atoms with Gasteiger partial charge in [-0.15, -0.1) is 0 Å². The molecule has 0 bridgehead atoms. The van der Waals surface area contributed by atoms with Gasteiger partial charge in [-0.25, -0.2) is 9.79 Å². The molecular weight excluding hydrogens is 484 g/mol. The number of benzene rings is 3. The second-order valence-corrected chi connectivity index (χ2v) is 9.98. The van der Waals surface area contributed by atoms with Crippen molar-refractivity contribution in [3.63, 3.8) is 0 Å². The van der Waals surface area contributed by atoms with Crippen LogP contribution in [-0.2, 0) is 11.2 Å². The van der Waals surface area contributed by atoms with Crippen molar-refractivity contribution in [3.05, 3.63) is 126 Å². The predicted octanol–water partition coefficient (Wildman–Crippen LogP) is 4.11. The number of carbonyl (C=O) groups is 1. The van der Waals surface area contributed by atoms with Gasteiger partial charge in [0.2, 0.25) is 0 Å². The first kappa shape index (κ1) is 23.2. The fraction of sp³-hybridized carbons (Fsp3) is 0.167. The third-order valence-corrected chi connectivity index (χ3v) is 7.93. The average Bonchev–Trinajstić information content (AvgIpc) is 3.26. The van der Waals surface area contributed by atoms with E-state index in [1.54, 1.807) is 23.8 Å². The number of aryl methyl sites for hydroxylation is 1. The fourth-order valence-electron chi connectivity index (χ4n) is 5.17. The highest BCUT2D eigenvalue weighted by atomic mass is 32.1. The van der Waals surface area contributed by atoms with Gasteiger partial charge in [0.05, 0.1) is 36.1 Å². The zero-order valence-corrected chi connectivity index (χ0v) is 21.2. The van der Waals surface area contributed by atoms with Crippen LogP contribution < -0.4 is 19.6 Å². The van der Waals surface area contributed by atoms with E-state index in [0.717, 1.165) is 40.8 Å². The molecule has 1 aliphatic carbocycles. The van der Waals surface area contributed by atoms with E-state index in [1.165, 1.54) is 24.0 Å². The van der Waals surface area contributed by atoms with Crippen LogP contribution in [0.2, 0.25) is 0 Å². The lowest BCUT2D eigenvalue weighted by atomic mass is 9.83. The normalized spacial score (nSPS) is 16.4. The molecule has 0 fully saturated rings. The molecule has 1 unspecified atom stereocenters. The SMILES string of the molecule is COC(=O)c1ccc(C2C3=C(N=c4sc(=Cc5ccccc5OC)c(=O)n42)c2ccccc2CC3)cc1. The molecule has 6 nitrogen and oxygen atoms in total. The molecule has 3 aromatic carbocycles. The second-order valence-electron chi connectivity index (χ2n) is 8.97. The summed E-state index contributed by atoms with van der Waals surface area (Å²) in [7, 11) is 2.99. The predicted molar refractivity (Wildman–Crippen MR) is 144 cm³/mol. The van der Waals surface area contributed by atoms with Crippen molar-refractivity contribution in [2.45, 2.75) is 18.9 Å². The molecule has 1 atom stereocenters. The summed E-state index contributed by atoms with van der Waals surface area (Å²) in [6, 6.07) is 23.0. The van der Waals surface area contributed by atoms with E-state index in [2.05, 4.69) is 18.2 Å². The van der Waals surface area contributed by atoms with Crippen LogP contribution in [0.4, 0.5) is 0 Å². The van der Waals surface area contributed by atoms with E-state index in [4.69, 9.17) is 14.5 Å². The number of fused-ring (bicyclic) bond motifs is 3. The molecule has 0 amide bonds. The molecular formula is C30H24N2O4S. The number of hydrogen-bond donors (Lipinski definition) is 0. The number of methoxy groups -OCH3 is 2. The summed E-state index contributed by atoms with van der Waals surface area (Å²) in [5.41, 5.74) is 6.57. The van der Waals surface area contributed by atoms with Gasteiger partial charge in [0.15, 0.2) is 4.80 Å². The number of ether oxygens (including phenoxy) is 2. The summed E-state index contributed by atoms with van der Waals surface area (Å²) in [6.07, 6.45) is 3.55. The monoisotopic (exact) mass is 508 g/mol. The highest BCUT2D eigenvalue weighted by Crippen LogP contribution is 2.41. The van der Waals surface area contributed by atoms with Crippen LogP contribution in [0.25, 0.3) is 11.8 Å². The van der Waals surface area contributed by atoms with Crippen molar-refractivity contribution in [3.8, 4) is 5.75 Å². The Bertz CT molecular complexity index is 1750. The van der Waals surface area contributed by atoms with E-state index >= 15 is 0 Å². The van der Waals surface area contributed by atoms with Crippen molar-refractivity contribution in [2.75, 3.05) is 14.2 Å². The fourth-order valence-corrected chi connectivity index (χ4v) is 6.16. The highest BCUT2D eigenvalue weighted by Gasteiger charge is 2.32. The number of hydrogen-bond acceptors (Lipinski definition) is 6. The maximum Gasteiger partial charge on any atom is 0.337 e. The molecule has 1 aromatic heterocycles. The largest absolute Gasteiger partial charge is 0.496 e. The van der Waals surface area contributed by atoms with Crippen molar-refractivity contribution in [1.82, 2.24) is 4.57 Å². The Labute approximate surface area is 217 Å². The van der Waals surface area contributed by atoms with Gasteiger partial charge < -0.3 is 9.47 Å². The zero-order valence-electron chi connectivity index (χ0n) is 20.4. The lowest BCUT2D eigenvalue weighted by molar-refractivity contribution is 0.0600.